The number of aliphatic hydroxyl groups excluding tert-OH is 1. The van der Waals surface area contributed by atoms with Crippen molar-refractivity contribution in [2.45, 2.75) is 12.8 Å². The molecule has 1 heterocycles. The van der Waals surface area contributed by atoms with Gasteiger partial charge in [-0.25, -0.2) is 9.97 Å². The molecule has 0 saturated heterocycles. The first kappa shape index (κ1) is 22.6. The standard InChI is InChI=1S/C22H24N6O4/c1-32-18-9-7-15(8-10-18)19-14-20(16-5-4-6-17(13-16)28(30)31)26-22(25-19)27-21(23)24-11-2-3-12-29/h4-10,13-14,29H,2-3,11-12H2,1H3,(H3,23,24,25,26,27). The van der Waals surface area contributed by atoms with E-state index in [1.807, 2.05) is 24.3 Å². The predicted octanol–water partition coefficient (Wildman–Crippen LogP) is 3.23. The molecule has 0 atom stereocenters. The van der Waals surface area contributed by atoms with Crippen LogP contribution in [0.25, 0.3) is 22.5 Å². The number of nitrogens with zero attached hydrogens (tertiary/aromatic N) is 4. The first-order valence-corrected chi connectivity index (χ1v) is 9.96. The van der Waals surface area contributed by atoms with E-state index in [9.17, 15) is 10.1 Å². The Hall–Kier alpha value is -4.05. The molecule has 166 valence electrons. The maximum Gasteiger partial charge on any atom is 0.270 e. The zero-order valence-corrected chi connectivity index (χ0v) is 17.6. The number of hydrogen-bond donors (Lipinski definition) is 3. The minimum absolute atomic E-state index is 0.0356. The number of nitro benzene ring substituents is 1. The van der Waals surface area contributed by atoms with Crippen molar-refractivity contribution in [3.05, 3.63) is 64.7 Å². The van der Waals surface area contributed by atoms with Gasteiger partial charge >= 0.3 is 0 Å². The highest BCUT2D eigenvalue weighted by molar-refractivity contribution is 5.91. The number of nitrogens with one attached hydrogen (secondary N) is 1. The molecular formula is C22H24N6O4. The molecule has 0 fully saturated rings. The number of unbranched alkanes of at least 4 members (excludes halogenated alkanes) is 1. The Bertz CT molecular complexity index is 1100. The molecule has 10 heteroatoms. The monoisotopic (exact) mass is 436 g/mol. The van der Waals surface area contributed by atoms with Crippen molar-refractivity contribution in [3.63, 3.8) is 0 Å². The van der Waals surface area contributed by atoms with E-state index in [-0.39, 0.29) is 24.2 Å². The molecule has 3 aromatic rings. The summed E-state index contributed by atoms with van der Waals surface area (Å²) in [6.45, 7) is 0.553. The first-order chi connectivity index (χ1) is 15.5. The number of anilines is 1. The van der Waals surface area contributed by atoms with Gasteiger partial charge in [-0.15, -0.1) is 0 Å². The number of hydrogen-bond acceptors (Lipinski definition) is 7. The normalized spacial score (nSPS) is 11.2. The number of ether oxygens (including phenoxy) is 1. The zero-order valence-electron chi connectivity index (χ0n) is 17.6. The summed E-state index contributed by atoms with van der Waals surface area (Å²) < 4.78 is 5.21. The fourth-order valence-corrected chi connectivity index (χ4v) is 2.92. The van der Waals surface area contributed by atoms with Crippen LogP contribution in [-0.4, -0.2) is 46.2 Å². The van der Waals surface area contributed by atoms with Gasteiger partial charge in [-0.05, 0) is 43.2 Å². The largest absolute Gasteiger partial charge is 0.497 e. The number of methoxy groups -OCH3 is 1. The minimum atomic E-state index is -0.453. The maximum atomic E-state index is 11.2. The Balaban J connectivity index is 1.99. The number of aliphatic imine (C=N–C) groups is 1. The number of nitro groups is 1. The Labute approximate surface area is 185 Å². The smallest absolute Gasteiger partial charge is 0.270 e. The average molecular weight is 436 g/mol. The molecule has 0 radical (unpaired) electrons. The molecule has 0 aliphatic rings. The van der Waals surface area contributed by atoms with Crippen LogP contribution in [0.15, 0.2) is 59.6 Å². The van der Waals surface area contributed by atoms with Gasteiger partial charge in [-0.3, -0.25) is 20.4 Å². The number of aliphatic hydroxyl groups is 1. The molecule has 0 unspecified atom stereocenters. The molecule has 0 spiro atoms. The van der Waals surface area contributed by atoms with Gasteiger partial charge in [0.2, 0.25) is 5.95 Å². The van der Waals surface area contributed by atoms with Crippen molar-refractivity contribution in [2.24, 2.45) is 10.7 Å². The van der Waals surface area contributed by atoms with Gasteiger partial charge in [0.15, 0.2) is 5.96 Å². The van der Waals surface area contributed by atoms with Crippen LogP contribution in [0.3, 0.4) is 0 Å². The predicted molar refractivity (Wildman–Crippen MR) is 123 cm³/mol. The average Bonchev–Trinajstić information content (AvgIpc) is 2.82. The Kier molecular flexibility index (Phi) is 7.65. The van der Waals surface area contributed by atoms with Gasteiger partial charge in [-0.2, -0.15) is 0 Å². The molecular weight excluding hydrogens is 412 g/mol. The van der Waals surface area contributed by atoms with Crippen molar-refractivity contribution in [1.82, 2.24) is 9.97 Å². The summed E-state index contributed by atoms with van der Waals surface area (Å²) in [4.78, 5) is 24.0. The number of benzene rings is 2. The van der Waals surface area contributed by atoms with Gasteiger partial charge in [0.1, 0.15) is 5.75 Å². The third kappa shape index (κ3) is 5.99. The third-order valence-electron chi connectivity index (χ3n) is 4.55. The van der Waals surface area contributed by atoms with E-state index in [1.54, 1.807) is 25.3 Å². The number of nitrogens with two attached hydrogens (primary N) is 1. The highest BCUT2D eigenvalue weighted by Gasteiger charge is 2.13. The summed E-state index contributed by atoms with van der Waals surface area (Å²) in [6, 6.07) is 15.3. The summed E-state index contributed by atoms with van der Waals surface area (Å²) in [5.74, 6) is 1.06. The van der Waals surface area contributed by atoms with E-state index in [2.05, 4.69) is 20.3 Å². The van der Waals surface area contributed by atoms with Crippen molar-refractivity contribution in [2.75, 3.05) is 25.6 Å². The highest BCUT2D eigenvalue weighted by Crippen LogP contribution is 2.28. The van der Waals surface area contributed by atoms with Crippen LogP contribution in [-0.2, 0) is 0 Å². The molecule has 10 nitrogen and oxygen atoms in total. The lowest BCUT2D eigenvalue weighted by atomic mass is 10.1. The molecule has 32 heavy (non-hydrogen) atoms. The van der Waals surface area contributed by atoms with Crippen LogP contribution < -0.4 is 15.8 Å². The molecule has 4 N–H and O–H groups in total. The van der Waals surface area contributed by atoms with Crippen LogP contribution >= 0.6 is 0 Å². The van der Waals surface area contributed by atoms with Crippen LogP contribution in [0, 0.1) is 10.1 Å². The number of guanidine groups is 1. The lowest BCUT2D eigenvalue weighted by molar-refractivity contribution is -0.384. The Morgan fingerprint density at radius 2 is 1.84 bits per heavy atom. The molecule has 0 amide bonds. The molecule has 0 aliphatic heterocycles. The van der Waals surface area contributed by atoms with E-state index in [0.29, 0.717) is 42.1 Å². The molecule has 3 rings (SSSR count). The summed E-state index contributed by atoms with van der Waals surface area (Å²) >= 11 is 0. The Morgan fingerprint density at radius 1 is 1.12 bits per heavy atom. The fraction of sp³-hybridized carbons (Fsp3) is 0.227. The molecule has 2 aromatic carbocycles. The summed E-state index contributed by atoms with van der Waals surface area (Å²) in [5.41, 5.74) is 8.38. The molecule has 0 bridgehead atoms. The van der Waals surface area contributed by atoms with E-state index in [0.717, 1.165) is 5.56 Å². The van der Waals surface area contributed by atoms with Gasteiger partial charge in [0, 0.05) is 36.4 Å². The van der Waals surface area contributed by atoms with Crippen molar-refractivity contribution < 1.29 is 14.8 Å². The number of aromatic nitrogens is 2. The topological polar surface area (TPSA) is 149 Å². The second kappa shape index (κ2) is 10.8. The first-order valence-electron chi connectivity index (χ1n) is 9.96. The summed E-state index contributed by atoms with van der Waals surface area (Å²) in [7, 11) is 1.59. The quantitative estimate of drug-likeness (QED) is 0.152. The maximum absolute atomic E-state index is 11.2. The number of rotatable bonds is 9. The van der Waals surface area contributed by atoms with E-state index in [1.165, 1.54) is 12.1 Å². The highest BCUT2D eigenvalue weighted by atomic mass is 16.6. The SMILES string of the molecule is COc1ccc(-c2cc(-c3cccc([N+](=O)[O-])c3)nc(NC(N)=NCCCCO)n2)cc1. The fourth-order valence-electron chi connectivity index (χ4n) is 2.92. The number of non-ortho nitro benzene ring substituents is 1. The van der Waals surface area contributed by atoms with E-state index < -0.39 is 4.92 Å². The zero-order chi connectivity index (χ0) is 22.9. The molecule has 0 aliphatic carbocycles. The minimum Gasteiger partial charge on any atom is -0.497 e. The van der Waals surface area contributed by atoms with Gasteiger partial charge in [0.05, 0.1) is 23.4 Å². The van der Waals surface area contributed by atoms with Crippen LogP contribution in [0.1, 0.15) is 12.8 Å². The molecule has 0 saturated carbocycles. The lowest BCUT2D eigenvalue weighted by Gasteiger charge is -2.10. The van der Waals surface area contributed by atoms with E-state index in [4.69, 9.17) is 15.6 Å². The lowest BCUT2D eigenvalue weighted by Crippen LogP contribution is -2.24. The van der Waals surface area contributed by atoms with Gasteiger partial charge in [0.25, 0.3) is 5.69 Å². The van der Waals surface area contributed by atoms with Crippen molar-refractivity contribution in [3.8, 4) is 28.3 Å². The molecule has 1 aromatic heterocycles. The second-order valence-corrected chi connectivity index (χ2v) is 6.82. The second-order valence-electron chi connectivity index (χ2n) is 6.82. The third-order valence-corrected chi connectivity index (χ3v) is 4.55. The Morgan fingerprint density at radius 3 is 2.50 bits per heavy atom. The van der Waals surface area contributed by atoms with Crippen LogP contribution in [0.5, 0.6) is 5.75 Å². The van der Waals surface area contributed by atoms with Crippen molar-refractivity contribution in [1.29, 1.82) is 0 Å². The van der Waals surface area contributed by atoms with Crippen molar-refractivity contribution >= 4 is 17.6 Å². The van der Waals surface area contributed by atoms with E-state index >= 15 is 0 Å². The summed E-state index contributed by atoms with van der Waals surface area (Å²) in [6.07, 6.45) is 1.34. The van der Waals surface area contributed by atoms with Gasteiger partial charge in [-0.1, -0.05) is 12.1 Å². The van der Waals surface area contributed by atoms with Crippen LogP contribution in [0.4, 0.5) is 11.6 Å². The van der Waals surface area contributed by atoms with Crippen LogP contribution in [0.2, 0.25) is 0 Å². The van der Waals surface area contributed by atoms with Gasteiger partial charge < -0.3 is 15.6 Å². The summed E-state index contributed by atoms with van der Waals surface area (Å²) in [5, 5.41) is 22.9.